The number of benzene rings is 1. The molecule has 0 aromatic heterocycles. The monoisotopic (exact) mass is 271 g/mol. The quantitative estimate of drug-likeness (QED) is 0.792. The molecule has 0 aliphatic carbocycles. The largest absolute Gasteiger partial charge is 0.481 e. The molecule has 0 bridgehead atoms. The van der Waals surface area contributed by atoms with Gasteiger partial charge in [-0.05, 0) is 24.1 Å². The van der Waals surface area contributed by atoms with Crippen LogP contribution in [0.4, 0.5) is 5.69 Å². The van der Waals surface area contributed by atoms with Gasteiger partial charge in [0.1, 0.15) is 0 Å². The highest BCUT2D eigenvalue weighted by molar-refractivity contribution is 7.92. The van der Waals surface area contributed by atoms with Crippen LogP contribution < -0.4 is 4.72 Å². The van der Waals surface area contributed by atoms with Crippen LogP contribution in [0.2, 0.25) is 0 Å². The third-order valence-corrected chi connectivity index (χ3v) is 3.72. The van der Waals surface area contributed by atoms with E-state index in [4.69, 9.17) is 5.11 Å². The van der Waals surface area contributed by atoms with Gasteiger partial charge in [-0.3, -0.25) is 9.52 Å². The average molecular weight is 271 g/mol. The Hall–Kier alpha value is -1.56. The van der Waals surface area contributed by atoms with Gasteiger partial charge < -0.3 is 5.11 Å². The van der Waals surface area contributed by atoms with Crippen LogP contribution in [0.5, 0.6) is 0 Å². The van der Waals surface area contributed by atoms with E-state index in [9.17, 15) is 13.2 Å². The molecule has 0 saturated carbocycles. The van der Waals surface area contributed by atoms with Crippen molar-refractivity contribution in [1.29, 1.82) is 0 Å². The minimum atomic E-state index is -3.30. The molecule has 1 rings (SSSR count). The molecule has 0 aliphatic rings. The van der Waals surface area contributed by atoms with Gasteiger partial charge in [0.05, 0.1) is 12.2 Å². The van der Waals surface area contributed by atoms with E-state index >= 15 is 0 Å². The predicted molar refractivity (Wildman–Crippen MR) is 70.1 cm³/mol. The van der Waals surface area contributed by atoms with E-state index in [1.54, 1.807) is 24.3 Å². The maximum Gasteiger partial charge on any atom is 0.307 e. The number of aliphatic carboxylic acids is 1. The fourth-order valence-electron chi connectivity index (χ4n) is 1.43. The van der Waals surface area contributed by atoms with Crippen molar-refractivity contribution in [1.82, 2.24) is 0 Å². The van der Waals surface area contributed by atoms with Crippen molar-refractivity contribution >= 4 is 21.7 Å². The van der Waals surface area contributed by atoms with Crippen LogP contribution >= 0.6 is 0 Å². The second-order valence-corrected chi connectivity index (χ2v) is 5.88. The molecule has 1 aromatic rings. The van der Waals surface area contributed by atoms with Gasteiger partial charge >= 0.3 is 5.97 Å². The highest BCUT2D eigenvalue weighted by atomic mass is 32.2. The summed E-state index contributed by atoms with van der Waals surface area (Å²) >= 11 is 0. The lowest BCUT2D eigenvalue weighted by Gasteiger charge is -2.07. The Morgan fingerprint density at radius 3 is 2.39 bits per heavy atom. The minimum absolute atomic E-state index is 0.0666. The predicted octanol–water partition coefficient (Wildman–Crippen LogP) is 1.86. The first kappa shape index (κ1) is 14.5. The number of hydrogen-bond acceptors (Lipinski definition) is 3. The summed E-state index contributed by atoms with van der Waals surface area (Å²) in [6.07, 6.45) is 1.37. The van der Waals surface area contributed by atoms with Gasteiger partial charge in [-0.1, -0.05) is 25.5 Å². The standard InChI is InChI=1S/C12H17NO4S/c1-2-3-8-18(16,17)13-11-6-4-10(5-7-11)9-12(14)15/h4-7,13H,2-3,8-9H2,1H3,(H,14,15). The van der Waals surface area contributed by atoms with Crippen molar-refractivity contribution < 1.29 is 18.3 Å². The molecular weight excluding hydrogens is 254 g/mol. The van der Waals surface area contributed by atoms with Gasteiger partial charge in [-0.25, -0.2) is 8.42 Å². The first-order valence-electron chi connectivity index (χ1n) is 5.74. The number of nitrogens with one attached hydrogen (secondary N) is 1. The van der Waals surface area contributed by atoms with Crippen LogP contribution in [0, 0.1) is 0 Å². The Balaban J connectivity index is 2.66. The molecule has 0 fully saturated rings. The molecular formula is C12H17NO4S. The summed E-state index contributed by atoms with van der Waals surface area (Å²) in [5.41, 5.74) is 1.10. The van der Waals surface area contributed by atoms with E-state index in [0.717, 1.165) is 6.42 Å². The maximum absolute atomic E-state index is 11.6. The van der Waals surface area contributed by atoms with E-state index in [0.29, 0.717) is 17.7 Å². The van der Waals surface area contributed by atoms with Gasteiger partial charge in [0.15, 0.2) is 0 Å². The molecule has 0 atom stereocenters. The Labute approximate surface area is 107 Å². The van der Waals surface area contributed by atoms with Crippen LogP contribution in [-0.2, 0) is 21.2 Å². The summed E-state index contributed by atoms with van der Waals surface area (Å²) in [6, 6.07) is 6.35. The van der Waals surface area contributed by atoms with E-state index in [1.165, 1.54) is 0 Å². The van der Waals surface area contributed by atoms with Crippen molar-refractivity contribution in [2.45, 2.75) is 26.2 Å². The third kappa shape index (κ3) is 5.18. The summed E-state index contributed by atoms with van der Waals surface area (Å²) in [5.74, 6) is -0.813. The normalized spacial score (nSPS) is 11.2. The molecule has 6 heteroatoms. The highest BCUT2D eigenvalue weighted by Gasteiger charge is 2.09. The molecule has 0 aliphatic heterocycles. The molecule has 5 nitrogen and oxygen atoms in total. The third-order valence-electron chi connectivity index (χ3n) is 2.35. The number of unbranched alkanes of at least 4 members (excludes halogenated alkanes) is 1. The SMILES string of the molecule is CCCCS(=O)(=O)Nc1ccc(CC(=O)O)cc1. The second-order valence-electron chi connectivity index (χ2n) is 4.04. The highest BCUT2D eigenvalue weighted by Crippen LogP contribution is 2.12. The number of sulfonamides is 1. The van der Waals surface area contributed by atoms with E-state index in [1.807, 2.05) is 6.92 Å². The van der Waals surface area contributed by atoms with Gasteiger partial charge in [0.2, 0.25) is 10.0 Å². The fourth-order valence-corrected chi connectivity index (χ4v) is 2.70. The Morgan fingerprint density at radius 2 is 1.89 bits per heavy atom. The Morgan fingerprint density at radius 1 is 1.28 bits per heavy atom. The minimum Gasteiger partial charge on any atom is -0.481 e. The van der Waals surface area contributed by atoms with Gasteiger partial charge in [-0.15, -0.1) is 0 Å². The second kappa shape index (κ2) is 6.39. The van der Waals surface area contributed by atoms with Crippen molar-refractivity contribution in [3.63, 3.8) is 0 Å². The van der Waals surface area contributed by atoms with Crippen LogP contribution in [0.25, 0.3) is 0 Å². The summed E-state index contributed by atoms with van der Waals surface area (Å²) in [4.78, 5) is 10.5. The van der Waals surface area contributed by atoms with Crippen LogP contribution in [0.15, 0.2) is 24.3 Å². The van der Waals surface area contributed by atoms with Crippen LogP contribution in [0.3, 0.4) is 0 Å². The Bertz CT molecular complexity index is 493. The van der Waals surface area contributed by atoms with Crippen molar-refractivity contribution in [2.75, 3.05) is 10.5 Å². The van der Waals surface area contributed by atoms with Gasteiger partial charge in [0, 0.05) is 5.69 Å². The first-order chi connectivity index (χ1) is 8.43. The lowest BCUT2D eigenvalue weighted by atomic mass is 10.1. The topological polar surface area (TPSA) is 83.5 Å². The van der Waals surface area contributed by atoms with Gasteiger partial charge in [-0.2, -0.15) is 0 Å². The zero-order chi connectivity index (χ0) is 13.6. The zero-order valence-corrected chi connectivity index (χ0v) is 11.0. The summed E-state index contributed by atoms with van der Waals surface area (Å²) < 4.78 is 25.7. The van der Waals surface area contributed by atoms with Crippen molar-refractivity contribution in [2.24, 2.45) is 0 Å². The molecule has 0 radical (unpaired) electrons. The van der Waals surface area contributed by atoms with Crippen molar-refractivity contribution in [3.05, 3.63) is 29.8 Å². The van der Waals surface area contributed by atoms with Gasteiger partial charge in [0.25, 0.3) is 0 Å². The molecule has 0 unspecified atom stereocenters. The molecule has 100 valence electrons. The lowest BCUT2D eigenvalue weighted by molar-refractivity contribution is -0.136. The number of carbonyl (C=O) groups is 1. The molecule has 0 saturated heterocycles. The molecule has 18 heavy (non-hydrogen) atoms. The zero-order valence-electron chi connectivity index (χ0n) is 10.2. The van der Waals surface area contributed by atoms with E-state index in [2.05, 4.69) is 4.72 Å². The lowest BCUT2D eigenvalue weighted by Crippen LogP contribution is -2.16. The first-order valence-corrected chi connectivity index (χ1v) is 7.39. The fraction of sp³-hybridized carbons (Fsp3) is 0.417. The smallest absolute Gasteiger partial charge is 0.307 e. The number of rotatable bonds is 7. The summed E-state index contributed by atoms with van der Waals surface area (Å²) in [7, 11) is -3.30. The van der Waals surface area contributed by atoms with Crippen LogP contribution in [0.1, 0.15) is 25.3 Å². The summed E-state index contributed by atoms with van der Waals surface area (Å²) in [5, 5.41) is 8.61. The Kier molecular flexibility index (Phi) is 5.15. The molecule has 0 heterocycles. The molecule has 2 N–H and O–H groups in total. The number of hydrogen-bond donors (Lipinski definition) is 2. The van der Waals surface area contributed by atoms with E-state index in [-0.39, 0.29) is 12.2 Å². The maximum atomic E-state index is 11.6. The number of carboxylic acids is 1. The molecule has 0 amide bonds. The van der Waals surface area contributed by atoms with Crippen LogP contribution in [-0.4, -0.2) is 25.2 Å². The molecule has 1 aromatic carbocycles. The van der Waals surface area contributed by atoms with Crippen molar-refractivity contribution in [3.8, 4) is 0 Å². The molecule has 0 spiro atoms. The number of anilines is 1. The summed E-state index contributed by atoms with van der Waals surface area (Å²) in [6.45, 7) is 1.93. The number of carboxylic acid groups (broad SMARTS) is 1. The average Bonchev–Trinajstić information content (AvgIpc) is 2.28. The van der Waals surface area contributed by atoms with E-state index < -0.39 is 16.0 Å².